The van der Waals surface area contributed by atoms with Gasteiger partial charge in [-0.05, 0) is 25.0 Å². The second-order valence-corrected chi connectivity index (χ2v) is 6.73. The summed E-state index contributed by atoms with van der Waals surface area (Å²) in [6.45, 7) is 2.92. The molecule has 1 spiro atoms. The first kappa shape index (κ1) is 16.8. The quantitative estimate of drug-likeness (QED) is 0.812. The van der Waals surface area contributed by atoms with E-state index in [9.17, 15) is 9.18 Å². The molecule has 7 nitrogen and oxygen atoms in total. The smallest absolute Gasteiger partial charge is 0.255 e. The predicted octanol–water partition coefficient (Wildman–Crippen LogP) is 1.52. The van der Waals surface area contributed by atoms with Crippen LogP contribution in [0.25, 0.3) is 0 Å². The monoisotopic (exact) mass is 357 g/mol. The molecule has 2 aromatic heterocycles. The van der Waals surface area contributed by atoms with Crippen LogP contribution >= 0.6 is 0 Å². The van der Waals surface area contributed by atoms with Crippen LogP contribution in [-0.2, 0) is 4.74 Å². The summed E-state index contributed by atoms with van der Waals surface area (Å²) in [4.78, 5) is 28.8. The number of hydrogen-bond acceptors (Lipinski definition) is 6. The van der Waals surface area contributed by atoms with Gasteiger partial charge < -0.3 is 14.5 Å². The molecule has 0 aromatic carbocycles. The fourth-order valence-electron chi connectivity index (χ4n) is 3.67. The maximum Gasteiger partial charge on any atom is 0.255 e. The highest BCUT2D eigenvalue weighted by molar-refractivity contribution is 5.94. The lowest BCUT2D eigenvalue weighted by Gasteiger charge is -2.48. The topological polar surface area (TPSA) is 71.5 Å². The molecular formula is C18H20FN5O2. The number of ether oxygens (including phenoxy) is 1. The number of morpholine rings is 1. The van der Waals surface area contributed by atoms with Crippen LogP contribution in [0.4, 0.5) is 10.3 Å². The number of amides is 1. The van der Waals surface area contributed by atoms with Gasteiger partial charge in [-0.25, -0.2) is 14.4 Å². The summed E-state index contributed by atoms with van der Waals surface area (Å²) in [6, 6.07) is 3.54. The Bertz CT molecular complexity index is 769. The van der Waals surface area contributed by atoms with Gasteiger partial charge in [-0.15, -0.1) is 0 Å². The number of rotatable bonds is 2. The summed E-state index contributed by atoms with van der Waals surface area (Å²) in [6.07, 6.45) is 7.34. The number of halogens is 1. The molecule has 0 bridgehead atoms. The lowest BCUT2D eigenvalue weighted by atomic mass is 9.90. The zero-order valence-electron chi connectivity index (χ0n) is 14.3. The first-order valence-corrected chi connectivity index (χ1v) is 8.71. The van der Waals surface area contributed by atoms with E-state index in [0.717, 1.165) is 19.4 Å². The van der Waals surface area contributed by atoms with Crippen molar-refractivity contribution in [3.05, 3.63) is 48.3 Å². The van der Waals surface area contributed by atoms with Crippen LogP contribution in [-0.4, -0.2) is 64.1 Å². The Kier molecular flexibility index (Phi) is 4.50. The van der Waals surface area contributed by atoms with Crippen molar-refractivity contribution in [3.8, 4) is 0 Å². The molecule has 0 N–H and O–H groups in total. The minimum Gasteiger partial charge on any atom is -0.369 e. The van der Waals surface area contributed by atoms with Crippen molar-refractivity contribution >= 4 is 11.9 Å². The van der Waals surface area contributed by atoms with E-state index in [4.69, 9.17) is 4.74 Å². The van der Waals surface area contributed by atoms with E-state index in [1.54, 1.807) is 24.5 Å². The Morgan fingerprint density at radius 2 is 2.04 bits per heavy atom. The van der Waals surface area contributed by atoms with Gasteiger partial charge in [-0.3, -0.25) is 9.78 Å². The number of nitrogens with zero attached hydrogens (tertiary/aromatic N) is 5. The predicted molar refractivity (Wildman–Crippen MR) is 92.3 cm³/mol. The van der Waals surface area contributed by atoms with Gasteiger partial charge in [-0.1, -0.05) is 0 Å². The largest absolute Gasteiger partial charge is 0.369 e. The molecule has 26 heavy (non-hydrogen) atoms. The van der Waals surface area contributed by atoms with Crippen LogP contribution in [0.2, 0.25) is 0 Å². The Balaban J connectivity index is 1.50. The summed E-state index contributed by atoms with van der Waals surface area (Å²) in [5.41, 5.74) is 0.130. The lowest BCUT2D eigenvalue weighted by Crippen LogP contribution is -2.61. The molecule has 2 aliphatic rings. The molecule has 0 unspecified atom stereocenters. The number of aromatic nitrogens is 3. The summed E-state index contributed by atoms with van der Waals surface area (Å²) in [7, 11) is 0. The highest BCUT2D eigenvalue weighted by Crippen LogP contribution is 2.31. The lowest BCUT2D eigenvalue weighted by molar-refractivity contribution is -0.105. The van der Waals surface area contributed by atoms with Crippen LogP contribution in [0.3, 0.4) is 0 Å². The second kappa shape index (κ2) is 6.95. The second-order valence-electron chi connectivity index (χ2n) is 6.73. The SMILES string of the molecule is O=C(c1cccnc1)N1CCO[C@@]2(CCCN(c3ncc(F)cn3)C2)C1. The standard InChI is InChI=1S/C18H20FN5O2/c19-15-10-21-17(22-11-15)24-6-2-4-18(13-24)12-23(7-8-26-18)16(25)14-3-1-5-20-9-14/h1,3,5,9-11H,2,4,6-8,12-13H2/t18-/m0/s1. The van der Waals surface area contributed by atoms with E-state index in [0.29, 0.717) is 37.8 Å². The molecule has 0 saturated carbocycles. The molecule has 1 atom stereocenters. The summed E-state index contributed by atoms with van der Waals surface area (Å²) >= 11 is 0. The number of carbonyl (C=O) groups excluding carboxylic acids is 1. The minimum absolute atomic E-state index is 0.0315. The molecule has 2 saturated heterocycles. The van der Waals surface area contributed by atoms with Gasteiger partial charge in [0.15, 0.2) is 5.82 Å². The molecule has 2 fully saturated rings. The molecule has 4 rings (SSSR count). The highest BCUT2D eigenvalue weighted by atomic mass is 19.1. The molecule has 4 heterocycles. The molecule has 8 heteroatoms. The van der Waals surface area contributed by atoms with E-state index in [2.05, 4.69) is 15.0 Å². The van der Waals surface area contributed by atoms with Crippen molar-refractivity contribution in [2.24, 2.45) is 0 Å². The Morgan fingerprint density at radius 1 is 1.19 bits per heavy atom. The van der Waals surface area contributed by atoms with Crippen LogP contribution in [0.5, 0.6) is 0 Å². The van der Waals surface area contributed by atoms with E-state index in [-0.39, 0.29) is 5.91 Å². The van der Waals surface area contributed by atoms with Crippen LogP contribution in [0, 0.1) is 5.82 Å². The van der Waals surface area contributed by atoms with Crippen LogP contribution in [0.15, 0.2) is 36.9 Å². The van der Waals surface area contributed by atoms with E-state index >= 15 is 0 Å². The van der Waals surface area contributed by atoms with Crippen molar-refractivity contribution in [2.75, 3.05) is 37.7 Å². The highest BCUT2D eigenvalue weighted by Gasteiger charge is 2.42. The van der Waals surface area contributed by atoms with Gasteiger partial charge in [0.05, 0.1) is 37.7 Å². The van der Waals surface area contributed by atoms with Crippen molar-refractivity contribution in [2.45, 2.75) is 18.4 Å². The number of piperidine rings is 1. The van der Waals surface area contributed by atoms with E-state index in [1.165, 1.54) is 12.4 Å². The maximum atomic E-state index is 13.1. The van der Waals surface area contributed by atoms with E-state index < -0.39 is 11.4 Å². The van der Waals surface area contributed by atoms with Crippen LogP contribution in [0.1, 0.15) is 23.2 Å². The van der Waals surface area contributed by atoms with Crippen molar-refractivity contribution < 1.29 is 13.9 Å². The first-order valence-electron chi connectivity index (χ1n) is 8.71. The zero-order valence-corrected chi connectivity index (χ0v) is 14.3. The molecule has 0 radical (unpaired) electrons. The Labute approximate surface area is 150 Å². The third-order valence-electron chi connectivity index (χ3n) is 4.87. The minimum atomic E-state index is -0.456. The van der Waals surface area contributed by atoms with E-state index in [1.807, 2.05) is 9.80 Å². The molecule has 0 aliphatic carbocycles. The van der Waals surface area contributed by atoms with Gasteiger partial charge in [0.2, 0.25) is 5.95 Å². The zero-order chi connectivity index (χ0) is 18.0. The Morgan fingerprint density at radius 3 is 2.81 bits per heavy atom. The molecular weight excluding hydrogens is 337 g/mol. The molecule has 1 amide bonds. The summed E-state index contributed by atoms with van der Waals surface area (Å²) in [5.74, 6) is 0.00310. The maximum absolute atomic E-state index is 13.1. The van der Waals surface area contributed by atoms with Gasteiger partial charge in [-0.2, -0.15) is 0 Å². The average molecular weight is 357 g/mol. The molecule has 2 aromatic rings. The number of carbonyl (C=O) groups is 1. The summed E-state index contributed by atoms with van der Waals surface area (Å²) in [5, 5.41) is 0. The van der Waals surface area contributed by atoms with Crippen molar-refractivity contribution in [3.63, 3.8) is 0 Å². The van der Waals surface area contributed by atoms with Gasteiger partial charge in [0.1, 0.15) is 5.60 Å². The molecule has 2 aliphatic heterocycles. The normalized spacial score (nSPS) is 23.3. The van der Waals surface area contributed by atoms with Crippen LogP contribution < -0.4 is 4.90 Å². The van der Waals surface area contributed by atoms with Crippen molar-refractivity contribution in [1.82, 2.24) is 19.9 Å². The number of anilines is 1. The van der Waals surface area contributed by atoms with Gasteiger partial charge in [0.25, 0.3) is 5.91 Å². The average Bonchev–Trinajstić information content (AvgIpc) is 2.69. The fraction of sp³-hybridized carbons (Fsp3) is 0.444. The first-order chi connectivity index (χ1) is 12.7. The van der Waals surface area contributed by atoms with Crippen molar-refractivity contribution in [1.29, 1.82) is 0 Å². The van der Waals surface area contributed by atoms with Gasteiger partial charge >= 0.3 is 0 Å². The number of hydrogen-bond donors (Lipinski definition) is 0. The third-order valence-corrected chi connectivity index (χ3v) is 4.87. The van der Waals surface area contributed by atoms with Gasteiger partial charge in [0, 0.05) is 25.5 Å². The fourth-order valence-corrected chi connectivity index (χ4v) is 3.67. The Hall–Kier alpha value is -2.61. The summed E-state index contributed by atoms with van der Waals surface area (Å²) < 4.78 is 19.2. The number of pyridine rings is 1. The molecule has 136 valence electrons. The third kappa shape index (κ3) is 3.37.